The van der Waals surface area contributed by atoms with Gasteiger partial charge in [0.25, 0.3) is 0 Å². The smallest absolute Gasteiger partial charge is 0.186 e. The zero-order valence-electron chi connectivity index (χ0n) is 13.3. The van der Waals surface area contributed by atoms with E-state index in [9.17, 15) is 0 Å². The molecule has 1 aliphatic heterocycles. The lowest BCUT2D eigenvalue weighted by Gasteiger charge is -2.35. The maximum absolute atomic E-state index is 6.08. The maximum atomic E-state index is 6.08. The summed E-state index contributed by atoms with van der Waals surface area (Å²) in [6.45, 7) is 3.70. The largest absolute Gasteiger partial charge is 0.352 e. The molecule has 0 amide bonds. The van der Waals surface area contributed by atoms with E-state index in [1.54, 1.807) is 17.5 Å². The molecule has 1 aliphatic rings. The number of anilines is 2. The molecule has 1 saturated heterocycles. The molecule has 5 rings (SSSR count). The Balaban J connectivity index is 1.34. The van der Waals surface area contributed by atoms with Crippen LogP contribution >= 0.6 is 22.9 Å². The number of aromatic nitrogens is 4. The Morgan fingerprint density at radius 3 is 2.72 bits per heavy atom. The first-order valence-electron chi connectivity index (χ1n) is 8.13. The molecule has 0 atom stereocenters. The SMILES string of the molecule is Clc1ccc2nc(N3CCN(c4ccc5nccn5n4)CC3)sc2c1. The number of hydrogen-bond acceptors (Lipinski definition) is 6. The van der Waals surface area contributed by atoms with Gasteiger partial charge in [-0.15, -0.1) is 5.10 Å². The molecule has 25 heavy (non-hydrogen) atoms. The van der Waals surface area contributed by atoms with Gasteiger partial charge in [-0.1, -0.05) is 22.9 Å². The minimum Gasteiger partial charge on any atom is -0.352 e. The average molecular weight is 371 g/mol. The van der Waals surface area contributed by atoms with Crippen molar-refractivity contribution in [1.82, 2.24) is 19.6 Å². The van der Waals surface area contributed by atoms with E-state index in [0.29, 0.717) is 0 Å². The van der Waals surface area contributed by atoms with Crippen molar-refractivity contribution >= 4 is 49.8 Å². The van der Waals surface area contributed by atoms with E-state index < -0.39 is 0 Å². The van der Waals surface area contributed by atoms with Crippen LogP contribution in [0, 0.1) is 0 Å². The number of halogens is 1. The van der Waals surface area contributed by atoms with Crippen LogP contribution in [0.3, 0.4) is 0 Å². The van der Waals surface area contributed by atoms with Crippen molar-refractivity contribution < 1.29 is 0 Å². The molecule has 8 heteroatoms. The lowest BCUT2D eigenvalue weighted by molar-refractivity contribution is 0.641. The third-order valence-electron chi connectivity index (χ3n) is 4.45. The number of benzene rings is 1. The monoisotopic (exact) mass is 370 g/mol. The Kier molecular flexibility index (Phi) is 3.50. The molecule has 0 N–H and O–H groups in total. The van der Waals surface area contributed by atoms with Crippen molar-refractivity contribution in [3.8, 4) is 0 Å². The molecule has 0 radical (unpaired) electrons. The summed E-state index contributed by atoms with van der Waals surface area (Å²) >= 11 is 7.78. The van der Waals surface area contributed by atoms with Gasteiger partial charge in [0.05, 0.1) is 10.2 Å². The van der Waals surface area contributed by atoms with Crippen molar-refractivity contribution in [1.29, 1.82) is 0 Å². The van der Waals surface area contributed by atoms with Crippen LogP contribution in [0.1, 0.15) is 0 Å². The highest BCUT2D eigenvalue weighted by Crippen LogP contribution is 2.31. The van der Waals surface area contributed by atoms with Gasteiger partial charge >= 0.3 is 0 Å². The fraction of sp³-hybridized carbons (Fsp3) is 0.235. The van der Waals surface area contributed by atoms with Crippen LogP contribution in [-0.2, 0) is 0 Å². The summed E-state index contributed by atoms with van der Waals surface area (Å²) in [7, 11) is 0. The van der Waals surface area contributed by atoms with Crippen LogP contribution in [0.4, 0.5) is 10.9 Å². The second-order valence-corrected chi connectivity index (χ2v) is 7.45. The van der Waals surface area contributed by atoms with Gasteiger partial charge in [0.15, 0.2) is 10.8 Å². The molecule has 1 fully saturated rings. The van der Waals surface area contributed by atoms with Crippen LogP contribution in [-0.4, -0.2) is 45.8 Å². The first kappa shape index (κ1) is 14.9. The molecule has 126 valence electrons. The Morgan fingerprint density at radius 1 is 1.00 bits per heavy atom. The van der Waals surface area contributed by atoms with Gasteiger partial charge in [-0.25, -0.2) is 14.5 Å². The standard InChI is InChI=1S/C17H15ClN6S/c18-12-1-2-13-14(11-12)25-17(20-13)23-9-7-22(8-10-23)16-4-3-15-19-5-6-24(15)21-16/h1-6,11H,7-10H2. The fourth-order valence-corrected chi connectivity index (χ4v) is 4.42. The molecule has 3 aromatic heterocycles. The third-order valence-corrected chi connectivity index (χ3v) is 5.77. The molecule has 4 aromatic rings. The predicted octanol–water partition coefficient (Wildman–Crippen LogP) is 3.32. The van der Waals surface area contributed by atoms with E-state index in [1.165, 1.54) is 0 Å². The molecule has 6 nitrogen and oxygen atoms in total. The van der Waals surface area contributed by atoms with E-state index in [2.05, 4.69) is 19.9 Å². The van der Waals surface area contributed by atoms with E-state index >= 15 is 0 Å². The molecule has 1 aromatic carbocycles. The van der Waals surface area contributed by atoms with Crippen molar-refractivity contribution in [2.75, 3.05) is 36.0 Å². The molecular formula is C17H15ClN6S. The molecule has 0 bridgehead atoms. The first-order chi connectivity index (χ1) is 12.3. The predicted molar refractivity (Wildman–Crippen MR) is 102 cm³/mol. The molecular weight excluding hydrogens is 356 g/mol. The van der Waals surface area contributed by atoms with Gasteiger partial charge in [0.1, 0.15) is 5.82 Å². The quantitative estimate of drug-likeness (QED) is 0.541. The van der Waals surface area contributed by atoms with Gasteiger partial charge in [-0.2, -0.15) is 0 Å². The van der Waals surface area contributed by atoms with E-state index in [-0.39, 0.29) is 0 Å². The molecule has 4 heterocycles. The number of rotatable bonds is 2. The summed E-state index contributed by atoms with van der Waals surface area (Å²) < 4.78 is 2.95. The lowest BCUT2D eigenvalue weighted by atomic mass is 10.3. The summed E-state index contributed by atoms with van der Waals surface area (Å²) in [6.07, 6.45) is 3.64. The van der Waals surface area contributed by atoms with Crippen LogP contribution in [0.5, 0.6) is 0 Å². The third kappa shape index (κ3) is 2.69. The fourth-order valence-electron chi connectivity index (χ4n) is 3.12. The van der Waals surface area contributed by atoms with E-state index in [4.69, 9.17) is 16.6 Å². The Morgan fingerprint density at radius 2 is 1.84 bits per heavy atom. The highest BCUT2D eigenvalue weighted by atomic mass is 35.5. The average Bonchev–Trinajstić information content (AvgIpc) is 3.27. The van der Waals surface area contributed by atoms with Gasteiger partial charge < -0.3 is 9.80 Å². The molecule has 0 saturated carbocycles. The molecule has 0 unspecified atom stereocenters. The maximum Gasteiger partial charge on any atom is 0.186 e. The first-order valence-corrected chi connectivity index (χ1v) is 9.32. The van der Waals surface area contributed by atoms with E-state index in [0.717, 1.165) is 58.0 Å². The topological polar surface area (TPSA) is 49.6 Å². The Bertz CT molecular complexity index is 1050. The Labute approximate surface area is 153 Å². The molecule has 0 aliphatic carbocycles. The number of imidazole rings is 1. The summed E-state index contributed by atoms with van der Waals surface area (Å²) in [6, 6.07) is 9.91. The van der Waals surface area contributed by atoms with Crippen LogP contribution in [0.2, 0.25) is 5.02 Å². The minimum absolute atomic E-state index is 0.758. The van der Waals surface area contributed by atoms with Crippen LogP contribution < -0.4 is 9.80 Å². The van der Waals surface area contributed by atoms with Crippen LogP contribution in [0.15, 0.2) is 42.7 Å². The highest BCUT2D eigenvalue weighted by Gasteiger charge is 2.21. The lowest BCUT2D eigenvalue weighted by Crippen LogP contribution is -2.46. The van der Waals surface area contributed by atoms with Crippen LogP contribution in [0.25, 0.3) is 15.9 Å². The number of nitrogens with zero attached hydrogens (tertiary/aromatic N) is 6. The van der Waals surface area contributed by atoms with Crippen molar-refractivity contribution in [3.63, 3.8) is 0 Å². The summed E-state index contributed by atoms with van der Waals surface area (Å²) in [5, 5.41) is 6.46. The van der Waals surface area contributed by atoms with Gasteiger partial charge in [-0.05, 0) is 30.3 Å². The van der Waals surface area contributed by atoms with Crippen molar-refractivity contribution in [2.24, 2.45) is 0 Å². The number of piperazine rings is 1. The zero-order chi connectivity index (χ0) is 16.8. The normalized spacial score (nSPS) is 15.4. The van der Waals surface area contributed by atoms with Crippen molar-refractivity contribution in [2.45, 2.75) is 0 Å². The summed E-state index contributed by atoms with van der Waals surface area (Å²) in [5.74, 6) is 0.987. The molecule has 0 spiro atoms. The number of thiazole rings is 1. The van der Waals surface area contributed by atoms with Gasteiger partial charge in [-0.3, -0.25) is 0 Å². The summed E-state index contributed by atoms with van der Waals surface area (Å²) in [4.78, 5) is 13.6. The summed E-state index contributed by atoms with van der Waals surface area (Å²) in [5.41, 5.74) is 1.88. The number of hydrogen-bond donors (Lipinski definition) is 0. The second-order valence-electron chi connectivity index (χ2n) is 6.00. The van der Waals surface area contributed by atoms with Gasteiger partial charge in [0.2, 0.25) is 0 Å². The van der Waals surface area contributed by atoms with E-state index in [1.807, 2.05) is 41.0 Å². The minimum atomic E-state index is 0.758. The number of fused-ring (bicyclic) bond motifs is 2. The zero-order valence-corrected chi connectivity index (χ0v) is 14.9. The highest BCUT2D eigenvalue weighted by molar-refractivity contribution is 7.22. The van der Waals surface area contributed by atoms with Crippen molar-refractivity contribution in [3.05, 3.63) is 47.7 Å². The Hall–Kier alpha value is -2.38. The van der Waals surface area contributed by atoms with Gasteiger partial charge in [0, 0.05) is 43.6 Å². The second kappa shape index (κ2) is 5.86.